The van der Waals surface area contributed by atoms with E-state index in [0.717, 1.165) is 25.1 Å². The molecule has 0 saturated carbocycles. The molecule has 0 fully saturated rings. The average Bonchev–Trinajstić information content (AvgIpc) is 2.84. The summed E-state index contributed by atoms with van der Waals surface area (Å²) in [6.07, 6.45) is 3.93. The molecular formula is C14H28N4O. The number of aliphatic hydroxyl groups is 1. The van der Waals surface area contributed by atoms with Crippen LogP contribution in [0, 0.1) is 5.41 Å². The van der Waals surface area contributed by atoms with E-state index in [0.29, 0.717) is 6.54 Å². The summed E-state index contributed by atoms with van der Waals surface area (Å²) in [4.78, 5) is 0. The van der Waals surface area contributed by atoms with Crippen molar-refractivity contribution in [3.63, 3.8) is 0 Å². The van der Waals surface area contributed by atoms with Gasteiger partial charge in [-0.15, -0.1) is 5.10 Å². The van der Waals surface area contributed by atoms with Crippen LogP contribution in [0.5, 0.6) is 0 Å². The number of nitrogens with zero attached hydrogens (tertiary/aromatic N) is 3. The molecule has 1 heterocycles. The quantitative estimate of drug-likeness (QED) is 0.793. The minimum absolute atomic E-state index is 0.0139. The Kier molecular flexibility index (Phi) is 5.50. The molecule has 1 rings (SSSR count). The van der Waals surface area contributed by atoms with Crippen LogP contribution in [0.3, 0.4) is 0 Å². The number of hydrogen-bond acceptors (Lipinski definition) is 4. The molecule has 0 spiro atoms. The Morgan fingerprint density at radius 3 is 2.32 bits per heavy atom. The fourth-order valence-electron chi connectivity index (χ4n) is 1.94. The van der Waals surface area contributed by atoms with Gasteiger partial charge in [0.15, 0.2) is 0 Å². The highest BCUT2D eigenvalue weighted by Crippen LogP contribution is 2.24. The van der Waals surface area contributed by atoms with E-state index in [1.165, 1.54) is 0 Å². The van der Waals surface area contributed by atoms with Crippen LogP contribution >= 0.6 is 0 Å². The first-order valence-electron chi connectivity index (χ1n) is 7.10. The zero-order chi connectivity index (χ0) is 14.5. The van der Waals surface area contributed by atoms with E-state index in [9.17, 15) is 5.11 Å². The molecule has 2 N–H and O–H groups in total. The van der Waals surface area contributed by atoms with Gasteiger partial charge in [0.1, 0.15) is 0 Å². The molecular weight excluding hydrogens is 240 g/mol. The lowest BCUT2D eigenvalue weighted by molar-refractivity contribution is 0.113. The predicted octanol–water partition coefficient (Wildman–Crippen LogP) is 1.92. The average molecular weight is 268 g/mol. The Morgan fingerprint density at radius 2 is 1.89 bits per heavy atom. The van der Waals surface area contributed by atoms with Gasteiger partial charge in [-0.3, -0.25) is 0 Å². The molecule has 0 atom stereocenters. The molecule has 0 unspecified atom stereocenters. The maximum absolute atomic E-state index is 9.51. The fourth-order valence-corrected chi connectivity index (χ4v) is 1.94. The van der Waals surface area contributed by atoms with Crippen molar-refractivity contribution in [2.24, 2.45) is 5.41 Å². The summed E-state index contributed by atoms with van der Waals surface area (Å²) < 4.78 is 1.88. The topological polar surface area (TPSA) is 63.0 Å². The molecule has 110 valence electrons. The first-order chi connectivity index (χ1) is 8.87. The molecule has 0 aliphatic rings. The third-order valence-electron chi connectivity index (χ3n) is 3.87. The second kappa shape index (κ2) is 6.48. The number of aromatic nitrogens is 3. The van der Waals surface area contributed by atoms with E-state index in [1.807, 2.05) is 10.9 Å². The Hall–Kier alpha value is -0.940. The van der Waals surface area contributed by atoms with Gasteiger partial charge in [-0.2, -0.15) is 0 Å². The van der Waals surface area contributed by atoms with Crippen molar-refractivity contribution in [1.82, 2.24) is 20.3 Å². The summed E-state index contributed by atoms with van der Waals surface area (Å²) >= 11 is 0. The lowest BCUT2D eigenvalue weighted by atomic mass is 9.83. The fraction of sp³-hybridized carbons (Fsp3) is 0.857. The molecule has 0 saturated heterocycles. The van der Waals surface area contributed by atoms with Gasteiger partial charge in [0.05, 0.1) is 17.4 Å². The number of nitrogens with one attached hydrogen (secondary N) is 1. The second-order valence-electron chi connectivity index (χ2n) is 6.29. The predicted molar refractivity (Wildman–Crippen MR) is 76.8 cm³/mol. The van der Waals surface area contributed by atoms with E-state index in [2.05, 4.69) is 50.2 Å². The Morgan fingerprint density at radius 1 is 1.26 bits per heavy atom. The molecule has 0 aliphatic carbocycles. The summed E-state index contributed by atoms with van der Waals surface area (Å²) in [5.74, 6) is 0. The van der Waals surface area contributed by atoms with Gasteiger partial charge in [-0.25, -0.2) is 4.68 Å². The van der Waals surface area contributed by atoms with E-state index >= 15 is 0 Å². The first kappa shape index (κ1) is 16.1. The van der Waals surface area contributed by atoms with Crippen molar-refractivity contribution in [2.75, 3.05) is 13.2 Å². The zero-order valence-electron chi connectivity index (χ0n) is 12.9. The summed E-state index contributed by atoms with van der Waals surface area (Å²) in [6, 6.07) is 0. The molecule has 0 aromatic carbocycles. The van der Waals surface area contributed by atoms with Crippen LogP contribution in [0.1, 0.15) is 53.2 Å². The van der Waals surface area contributed by atoms with Crippen LogP contribution in [-0.2, 0) is 12.1 Å². The van der Waals surface area contributed by atoms with Crippen LogP contribution in [0.15, 0.2) is 6.20 Å². The number of hydrogen-bond donors (Lipinski definition) is 2. The molecule has 5 heteroatoms. The Balaban J connectivity index is 2.51. The molecule has 5 nitrogen and oxygen atoms in total. The molecule has 19 heavy (non-hydrogen) atoms. The van der Waals surface area contributed by atoms with Crippen LogP contribution in [0.4, 0.5) is 0 Å². The van der Waals surface area contributed by atoms with Crippen LogP contribution in [0.25, 0.3) is 0 Å². The zero-order valence-corrected chi connectivity index (χ0v) is 12.9. The Bertz CT molecular complexity index is 369. The minimum Gasteiger partial charge on any atom is -0.396 e. The smallest absolute Gasteiger partial charge is 0.0965 e. The summed E-state index contributed by atoms with van der Waals surface area (Å²) in [6.45, 7) is 12.3. The molecule has 0 aliphatic heterocycles. The second-order valence-corrected chi connectivity index (χ2v) is 6.29. The summed E-state index contributed by atoms with van der Waals surface area (Å²) in [7, 11) is 0. The van der Waals surface area contributed by atoms with Crippen molar-refractivity contribution in [3.8, 4) is 0 Å². The minimum atomic E-state index is -0.0348. The van der Waals surface area contributed by atoms with E-state index in [-0.39, 0.29) is 17.6 Å². The van der Waals surface area contributed by atoms with Gasteiger partial charge < -0.3 is 10.4 Å². The van der Waals surface area contributed by atoms with Gasteiger partial charge in [0, 0.05) is 25.1 Å². The maximum Gasteiger partial charge on any atom is 0.0965 e. The highest BCUT2D eigenvalue weighted by Gasteiger charge is 2.24. The molecule has 0 radical (unpaired) electrons. The van der Waals surface area contributed by atoms with Crippen molar-refractivity contribution < 1.29 is 5.11 Å². The van der Waals surface area contributed by atoms with Gasteiger partial charge >= 0.3 is 0 Å². The molecule has 1 aromatic heterocycles. The van der Waals surface area contributed by atoms with E-state index in [4.69, 9.17) is 0 Å². The summed E-state index contributed by atoms with van der Waals surface area (Å²) in [5, 5.41) is 21.2. The number of aliphatic hydroxyl groups excluding tert-OH is 1. The van der Waals surface area contributed by atoms with Gasteiger partial charge in [-0.1, -0.05) is 19.1 Å². The van der Waals surface area contributed by atoms with Gasteiger partial charge in [0.25, 0.3) is 0 Å². The molecule has 0 amide bonds. The SMILES string of the molecule is CCC(CC)(CO)CNCc1cn(C(C)(C)C)nn1. The molecule has 0 bridgehead atoms. The normalized spacial score (nSPS) is 12.9. The van der Waals surface area contributed by atoms with Crippen molar-refractivity contribution >= 4 is 0 Å². The highest BCUT2D eigenvalue weighted by molar-refractivity contribution is 4.94. The Labute approximate surface area is 116 Å². The van der Waals surface area contributed by atoms with Crippen LogP contribution in [-0.4, -0.2) is 33.3 Å². The number of rotatable bonds is 7. The standard InChI is InChI=1S/C14H28N4O/c1-6-14(7-2,11-19)10-15-8-12-9-18(17-16-12)13(3,4)5/h9,15,19H,6-8,10-11H2,1-5H3. The molecule has 1 aromatic rings. The van der Waals surface area contributed by atoms with Gasteiger partial charge in [0.2, 0.25) is 0 Å². The van der Waals surface area contributed by atoms with Gasteiger partial charge in [-0.05, 0) is 33.6 Å². The van der Waals surface area contributed by atoms with E-state index in [1.54, 1.807) is 0 Å². The summed E-state index contributed by atoms with van der Waals surface area (Å²) in [5.41, 5.74) is 0.890. The van der Waals surface area contributed by atoms with E-state index < -0.39 is 0 Å². The van der Waals surface area contributed by atoms with Crippen molar-refractivity contribution in [2.45, 2.75) is 59.5 Å². The lowest BCUT2D eigenvalue weighted by Crippen LogP contribution is -2.36. The third kappa shape index (κ3) is 4.28. The highest BCUT2D eigenvalue weighted by atomic mass is 16.3. The third-order valence-corrected chi connectivity index (χ3v) is 3.87. The van der Waals surface area contributed by atoms with Crippen molar-refractivity contribution in [1.29, 1.82) is 0 Å². The van der Waals surface area contributed by atoms with Crippen molar-refractivity contribution in [3.05, 3.63) is 11.9 Å². The monoisotopic (exact) mass is 268 g/mol. The van der Waals surface area contributed by atoms with Crippen LogP contribution < -0.4 is 5.32 Å². The maximum atomic E-state index is 9.51. The first-order valence-corrected chi connectivity index (χ1v) is 7.10. The largest absolute Gasteiger partial charge is 0.396 e. The lowest BCUT2D eigenvalue weighted by Gasteiger charge is -2.29. The van der Waals surface area contributed by atoms with Crippen LogP contribution in [0.2, 0.25) is 0 Å².